The number of nitrogens with one attached hydrogen (secondary N) is 1. The number of benzene rings is 1. The van der Waals surface area contributed by atoms with Crippen LogP contribution in [-0.2, 0) is 0 Å². The van der Waals surface area contributed by atoms with Crippen LogP contribution in [0.25, 0.3) is 0 Å². The molecule has 0 aliphatic rings. The average Bonchev–Trinajstić information content (AvgIpc) is 2.71. The predicted octanol–water partition coefficient (Wildman–Crippen LogP) is 2.53. The van der Waals surface area contributed by atoms with Gasteiger partial charge in [-0.2, -0.15) is 5.10 Å². The lowest BCUT2D eigenvalue weighted by atomic mass is 10.2. The topological polar surface area (TPSA) is 58.6 Å². The van der Waals surface area contributed by atoms with Crippen LogP contribution in [0.5, 0.6) is 0 Å². The lowest BCUT2D eigenvalue weighted by Crippen LogP contribution is -1.83. The largest absolute Gasteiger partial charge is 0.298 e. The molecule has 0 atom stereocenters. The quantitative estimate of drug-likeness (QED) is 0.880. The van der Waals surface area contributed by atoms with Gasteiger partial charge in [-0.05, 0) is 18.2 Å². The Morgan fingerprint density at radius 2 is 2.33 bits per heavy atom. The number of aromatic amines is 1. The van der Waals surface area contributed by atoms with Gasteiger partial charge in [0, 0.05) is 14.9 Å². The third kappa shape index (κ3) is 2.45. The van der Waals surface area contributed by atoms with Gasteiger partial charge < -0.3 is 0 Å². The summed E-state index contributed by atoms with van der Waals surface area (Å²) < 4.78 is 0.780. The number of carbonyl (C=O) groups is 1. The van der Waals surface area contributed by atoms with E-state index < -0.39 is 0 Å². The van der Waals surface area contributed by atoms with E-state index >= 15 is 0 Å². The molecule has 0 amide bonds. The molecule has 0 saturated heterocycles. The Morgan fingerprint density at radius 3 is 2.93 bits per heavy atom. The molecule has 0 bridgehead atoms. The summed E-state index contributed by atoms with van der Waals surface area (Å²) in [6, 6.07) is 5.49. The van der Waals surface area contributed by atoms with E-state index in [1.165, 1.54) is 18.1 Å². The van der Waals surface area contributed by atoms with Crippen LogP contribution in [-0.4, -0.2) is 21.5 Å². The fraction of sp³-hybridized carbons (Fsp3) is 0. The van der Waals surface area contributed by atoms with Gasteiger partial charge in [-0.3, -0.25) is 9.89 Å². The van der Waals surface area contributed by atoms with Gasteiger partial charge in [0.25, 0.3) is 0 Å². The number of rotatable bonds is 3. The molecule has 0 aliphatic heterocycles. The zero-order valence-corrected chi connectivity index (χ0v) is 9.88. The second-order valence-electron chi connectivity index (χ2n) is 2.69. The minimum absolute atomic E-state index is 0.636. The Hall–Kier alpha value is -1.14. The maximum Gasteiger partial charge on any atom is 0.188 e. The SMILES string of the molecule is O=Cc1ccc(Sc2ncn[nH]2)cc1Br. The summed E-state index contributed by atoms with van der Waals surface area (Å²) >= 11 is 4.77. The summed E-state index contributed by atoms with van der Waals surface area (Å²) in [5.41, 5.74) is 0.636. The minimum atomic E-state index is 0.636. The van der Waals surface area contributed by atoms with E-state index in [2.05, 4.69) is 31.1 Å². The Balaban J connectivity index is 2.23. The average molecular weight is 284 g/mol. The third-order valence-electron chi connectivity index (χ3n) is 1.71. The minimum Gasteiger partial charge on any atom is -0.298 e. The van der Waals surface area contributed by atoms with Crippen molar-refractivity contribution in [2.24, 2.45) is 0 Å². The molecule has 1 N–H and O–H groups in total. The zero-order chi connectivity index (χ0) is 10.7. The van der Waals surface area contributed by atoms with E-state index in [1.807, 2.05) is 12.1 Å². The Morgan fingerprint density at radius 1 is 1.47 bits per heavy atom. The molecule has 2 rings (SSSR count). The smallest absolute Gasteiger partial charge is 0.188 e. The normalized spacial score (nSPS) is 10.2. The first kappa shape index (κ1) is 10.4. The van der Waals surface area contributed by atoms with Gasteiger partial charge in [0.2, 0.25) is 0 Å². The molecule has 0 saturated carbocycles. The zero-order valence-electron chi connectivity index (χ0n) is 7.48. The number of H-pyrrole nitrogens is 1. The Labute approximate surface area is 98.6 Å². The number of hydrogen-bond acceptors (Lipinski definition) is 4. The second-order valence-corrected chi connectivity index (χ2v) is 4.61. The van der Waals surface area contributed by atoms with Crippen LogP contribution in [0.4, 0.5) is 0 Å². The van der Waals surface area contributed by atoms with Crippen molar-refractivity contribution < 1.29 is 4.79 Å². The van der Waals surface area contributed by atoms with Crippen molar-refractivity contribution in [1.82, 2.24) is 15.2 Å². The first-order chi connectivity index (χ1) is 7.29. The lowest BCUT2D eigenvalue weighted by Gasteiger charge is -2.00. The standard InChI is InChI=1S/C9H6BrN3OS/c10-8-3-7(2-1-6(8)4-14)15-9-11-5-12-13-9/h1-5H,(H,11,12,13). The Bertz CT molecular complexity index is 472. The van der Waals surface area contributed by atoms with E-state index in [-0.39, 0.29) is 0 Å². The number of aldehydes is 1. The highest BCUT2D eigenvalue weighted by atomic mass is 79.9. The summed E-state index contributed by atoms with van der Waals surface area (Å²) in [7, 11) is 0. The van der Waals surface area contributed by atoms with Gasteiger partial charge in [-0.25, -0.2) is 4.98 Å². The molecule has 1 heterocycles. The molecule has 6 heteroatoms. The van der Waals surface area contributed by atoms with Crippen molar-refractivity contribution >= 4 is 34.0 Å². The molecule has 0 unspecified atom stereocenters. The summed E-state index contributed by atoms with van der Waals surface area (Å²) in [6.45, 7) is 0. The molecule has 76 valence electrons. The highest BCUT2D eigenvalue weighted by Crippen LogP contribution is 2.27. The molecule has 0 radical (unpaired) electrons. The number of hydrogen-bond donors (Lipinski definition) is 1. The molecule has 15 heavy (non-hydrogen) atoms. The van der Waals surface area contributed by atoms with E-state index in [0.29, 0.717) is 5.56 Å². The monoisotopic (exact) mass is 283 g/mol. The highest BCUT2D eigenvalue weighted by Gasteiger charge is 2.03. The summed E-state index contributed by atoms with van der Waals surface area (Å²) in [6.07, 6.45) is 2.27. The van der Waals surface area contributed by atoms with Crippen LogP contribution in [0.15, 0.2) is 39.1 Å². The van der Waals surface area contributed by atoms with Gasteiger partial charge >= 0.3 is 0 Å². The molecule has 4 nitrogen and oxygen atoms in total. The maximum atomic E-state index is 10.6. The summed E-state index contributed by atoms with van der Waals surface area (Å²) in [4.78, 5) is 15.6. The van der Waals surface area contributed by atoms with E-state index in [9.17, 15) is 4.79 Å². The number of carbonyl (C=O) groups excluding carboxylic acids is 1. The van der Waals surface area contributed by atoms with Crippen LogP contribution >= 0.6 is 27.7 Å². The fourth-order valence-corrected chi connectivity index (χ4v) is 2.38. The Kier molecular flexibility index (Phi) is 3.17. The van der Waals surface area contributed by atoms with Crippen LogP contribution in [0.3, 0.4) is 0 Å². The molecule has 1 aromatic carbocycles. The van der Waals surface area contributed by atoms with E-state index in [1.54, 1.807) is 6.07 Å². The maximum absolute atomic E-state index is 10.6. The van der Waals surface area contributed by atoms with Gasteiger partial charge in [0.05, 0.1) is 0 Å². The van der Waals surface area contributed by atoms with Gasteiger partial charge in [-0.1, -0.05) is 27.7 Å². The van der Waals surface area contributed by atoms with Crippen molar-refractivity contribution in [3.8, 4) is 0 Å². The van der Waals surface area contributed by atoms with Crippen molar-refractivity contribution in [2.45, 2.75) is 10.1 Å². The molecular weight excluding hydrogens is 278 g/mol. The van der Waals surface area contributed by atoms with Crippen molar-refractivity contribution in [2.75, 3.05) is 0 Å². The molecular formula is C9H6BrN3OS. The molecule has 2 aromatic rings. The molecule has 0 fully saturated rings. The van der Waals surface area contributed by atoms with Gasteiger partial charge in [0.15, 0.2) is 11.4 Å². The van der Waals surface area contributed by atoms with Crippen molar-refractivity contribution in [3.05, 3.63) is 34.6 Å². The summed E-state index contributed by atoms with van der Waals surface area (Å²) in [5, 5.41) is 7.22. The molecule has 0 spiro atoms. The van der Waals surface area contributed by atoms with Gasteiger partial charge in [0.1, 0.15) is 6.33 Å². The van der Waals surface area contributed by atoms with Crippen LogP contribution in [0, 0.1) is 0 Å². The third-order valence-corrected chi connectivity index (χ3v) is 3.27. The van der Waals surface area contributed by atoms with Crippen molar-refractivity contribution in [1.29, 1.82) is 0 Å². The first-order valence-electron chi connectivity index (χ1n) is 4.07. The summed E-state index contributed by atoms with van der Waals surface area (Å²) in [5.74, 6) is 0. The fourth-order valence-electron chi connectivity index (χ4n) is 1.02. The number of aromatic nitrogens is 3. The lowest BCUT2D eigenvalue weighted by molar-refractivity contribution is 0.112. The van der Waals surface area contributed by atoms with Crippen LogP contribution < -0.4 is 0 Å². The molecule has 1 aromatic heterocycles. The first-order valence-corrected chi connectivity index (χ1v) is 5.68. The van der Waals surface area contributed by atoms with E-state index in [0.717, 1.165) is 20.8 Å². The molecule has 0 aliphatic carbocycles. The van der Waals surface area contributed by atoms with Gasteiger partial charge in [-0.15, -0.1) is 0 Å². The number of halogens is 1. The van der Waals surface area contributed by atoms with Crippen molar-refractivity contribution in [3.63, 3.8) is 0 Å². The van der Waals surface area contributed by atoms with Crippen LogP contribution in [0.1, 0.15) is 10.4 Å². The predicted molar refractivity (Wildman–Crippen MR) is 60.0 cm³/mol. The van der Waals surface area contributed by atoms with Crippen LogP contribution in [0.2, 0.25) is 0 Å². The highest BCUT2D eigenvalue weighted by molar-refractivity contribution is 9.10. The van der Waals surface area contributed by atoms with E-state index in [4.69, 9.17) is 0 Å². The number of nitrogens with zero attached hydrogens (tertiary/aromatic N) is 2. The second kappa shape index (κ2) is 4.59.